The Hall–Kier alpha value is -3.50. The van der Waals surface area contributed by atoms with E-state index in [0.29, 0.717) is 48.8 Å². The Bertz CT molecular complexity index is 1290. The number of anilines is 2. The van der Waals surface area contributed by atoms with Gasteiger partial charge in [0.1, 0.15) is 10.6 Å². The number of rotatable bonds is 6. The summed E-state index contributed by atoms with van der Waals surface area (Å²) in [5, 5.41) is 5.57. The number of ether oxygens (including phenoxy) is 1. The maximum Gasteiger partial charge on any atom is 0.319 e. The lowest BCUT2D eigenvalue weighted by Gasteiger charge is -2.26. The number of nitrogen functional groups attached to an aromatic ring is 1. The fraction of sp³-hybridized carbons (Fsp3) is 0.261. The van der Waals surface area contributed by atoms with Gasteiger partial charge < -0.3 is 21.1 Å². The van der Waals surface area contributed by atoms with Gasteiger partial charge in [0.15, 0.2) is 15.7 Å². The summed E-state index contributed by atoms with van der Waals surface area (Å²) >= 11 is 0. The summed E-state index contributed by atoms with van der Waals surface area (Å²) in [5.74, 6) is 0.538. The first kappa shape index (κ1) is 21.4. The van der Waals surface area contributed by atoms with Crippen molar-refractivity contribution in [2.75, 3.05) is 24.3 Å². The van der Waals surface area contributed by atoms with Gasteiger partial charge in [-0.2, -0.15) is 0 Å². The van der Waals surface area contributed by atoms with Crippen LogP contribution in [0.1, 0.15) is 18.5 Å². The van der Waals surface area contributed by atoms with Gasteiger partial charge in [0.05, 0.1) is 29.8 Å². The van der Waals surface area contributed by atoms with Crippen LogP contribution in [0.25, 0.3) is 11.4 Å². The van der Waals surface area contributed by atoms with E-state index in [4.69, 9.17) is 10.5 Å². The molecule has 0 bridgehead atoms. The van der Waals surface area contributed by atoms with Crippen LogP contribution in [-0.4, -0.2) is 43.7 Å². The highest BCUT2D eigenvalue weighted by Crippen LogP contribution is 2.54. The standard InChI is InChI=1S/C23H23N5O4S/c24-20-12-19(23(10-11-23)33(30,31)18-4-2-1-3-5-18)27-21(28-20)15-6-8-16(9-7-15)25-22(29)26-17-13-32-14-17/h1-9,12,17H,10-11,13-14H2,(H2,24,27,28)(H2,25,26,29). The normalized spacial score (nSPS) is 17.1. The zero-order valence-electron chi connectivity index (χ0n) is 17.7. The molecule has 1 aliphatic heterocycles. The Morgan fingerprint density at radius 3 is 2.33 bits per heavy atom. The molecular formula is C23H23N5O4S. The molecule has 2 heterocycles. The lowest BCUT2D eigenvalue weighted by atomic mass is 10.1. The molecule has 170 valence electrons. The molecule has 0 atom stereocenters. The predicted molar refractivity (Wildman–Crippen MR) is 123 cm³/mol. The highest BCUT2D eigenvalue weighted by atomic mass is 32.2. The monoisotopic (exact) mass is 465 g/mol. The minimum atomic E-state index is -3.63. The number of aromatic nitrogens is 2. The number of sulfone groups is 1. The number of hydrogen-bond acceptors (Lipinski definition) is 7. The first-order chi connectivity index (χ1) is 15.9. The molecule has 33 heavy (non-hydrogen) atoms. The van der Waals surface area contributed by atoms with Crippen LogP contribution >= 0.6 is 0 Å². The third-order valence-electron chi connectivity index (χ3n) is 5.86. The van der Waals surface area contributed by atoms with Crippen molar-refractivity contribution in [3.8, 4) is 11.4 Å². The van der Waals surface area contributed by atoms with E-state index in [-0.39, 0.29) is 22.8 Å². The summed E-state index contributed by atoms with van der Waals surface area (Å²) in [6.45, 7) is 1.03. The molecule has 5 rings (SSSR count). The summed E-state index contributed by atoms with van der Waals surface area (Å²) in [7, 11) is -3.63. The minimum Gasteiger partial charge on any atom is -0.384 e. The van der Waals surface area contributed by atoms with Crippen LogP contribution in [0.5, 0.6) is 0 Å². The van der Waals surface area contributed by atoms with Crippen LogP contribution in [0, 0.1) is 0 Å². The van der Waals surface area contributed by atoms with Crippen LogP contribution in [-0.2, 0) is 19.3 Å². The highest BCUT2D eigenvalue weighted by molar-refractivity contribution is 7.92. The lowest BCUT2D eigenvalue weighted by molar-refractivity contribution is 0.000735. The van der Waals surface area contributed by atoms with Gasteiger partial charge in [-0.15, -0.1) is 0 Å². The maximum atomic E-state index is 13.4. The summed E-state index contributed by atoms with van der Waals surface area (Å²) < 4.78 is 30.7. The first-order valence-electron chi connectivity index (χ1n) is 10.6. The smallest absolute Gasteiger partial charge is 0.319 e. The number of benzene rings is 2. The second-order valence-electron chi connectivity index (χ2n) is 8.22. The van der Waals surface area contributed by atoms with Crippen molar-refractivity contribution in [1.29, 1.82) is 0 Å². The molecule has 1 saturated carbocycles. The molecule has 2 aromatic carbocycles. The largest absolute Gasteiger partial charge is 0.384 e. The summed E-state index contributed by atoms with van der Waals surface area (Å²) in [5.41, 5.74) is 7.71. The van der Waals surface area contributed by atoms with Gasteiger partial charge in [0.25, 0.3) is 0 Å². The van der Waals surface area contributed by atoms with Crippen molar-refractivity contribution in [1.82, 2.24) is 15.3 Å². The Morgan fingerprint density at radius 2 is 1.73 bits per heavy atom. The molecule has 4 N–H and O–H groups in total. The Kier molecular flexibility index (Phi) is 5.26. The van der Waals surface area contributed by atoms with Crippen LogP contribution < -0.4 is 16.4 Å². The number of nitrogens with two attached hydrogens (primary N) is 1. The number of hydrogen-bond donors (Lipinski definition) is 3. The van der Waals surface area contributed by atoms with Crippen molar-refractivity contribution in [2.45, 2.75) is 28.5 Å². The Morgan fingerprint density at radius 1 is 1.03 bits per heavy atom. The van der Waals surface area contributed by atoms with Crippen molar-refractivity contribution < 1.29 is 17.9 Å². The zero-order chi connectivity index (χ0) is 23.1. The molecule has 1 aliphatic carbocycles. The molecule has 10 heteroatoms. The SMILES string of the molecule is Nc1cc(C2(S(=O)(=O)c3ccccc3)CC2)nc(-c2ccc(NC(=O)NC3COC3)cc2)n1. The average molecular weight is 466 g/mol. The molecule has 3 aromatic rings. The third kappa shape index (κ3) is 4.03. The van der Waals surface area contributed by atoms with E-state index in [1.807, 2.05) is 0 Å². The van der Waals surface area contributed by atoms with Crippen LogP contribution in [0.4, 0.5) is 16.3 Å². The molecule has 0 radical (unpaired) electrons. The van der Waals surface area contributed by atoms with E-state index >= 15 is 0 Å². The van der Waals surface area contributed by atoms with Gasteiger partial charge in [-0.1, -0.05) is 18.2 Å². The van der Waals surface area contributed by atoms with Gasteiger partial charge >= 0.3 is 6.03 Å². The maximum absolute atomic E-state index is 13.4. The van der Waals surface area contributed by atoms with E-state index < -0.39 is 14.6 Å². The molecule has 9 nitrogen and oxygen atoms in total. The van der Waals surface area contributed by atoms with Gasteiger partial charge in [-0.25, -0.2) is 23.2 Å². The van der Waals surface area contributed by atoms with E-state index in [1.165, 1.54) is 0 Å². The Labute approximate surface area is 191 Å². The topological polar surface area (TPSA) is 136 Å². The zero-order valence-corrected chi connectivity index (χ0v) is 18.5. The van der Waals surface area contributed by atoms with Gasteiger partial charge in [0.2, 0.25) is 0 Å². The lowest BCUT2D eigenvalue weighted by Crippen LogP contribution is -2.49. The molecule has 0 unspecified atom stereocenters. The first-order valence-corrected chi connectivity index (χ1v) is 12.1. The van der Waals surface area contributed by atoms with E-state index in [1.54, 1.807) is 60.7 Å². The predicted octanol–water partition coefficient (Wildman–Crippen LogP) is 2.71. The van der Waals surface area contributed by atoms with Crippen molar-refractivity contribution in [3.63, 3.8) is 0 Å². The van der Waals surface area contributed by atoms with Crippen LogP contribution in [0.3, 0.4) is 0 Å². The number of urea groups is 1. The number of nitrogens with zero attached hydrogens (tertiary/aromatic N) is 2. The van der Waals surface area contributed by atoms with E-state index in [9.17, 15) is 13.2 Å². The number of nitrogens with one attached hydrogen (secondary N) is 2. The van der Waals surface area contributed by atoms with Crippen LogP contribution in [0.2, 0.25) is 0 Å². The van der Waals surface area contributed by atoms with E-state index in [2.05, 4.69) is 20.6 Å². The summed E-state index contributed by atoms with van der Waals surface area (Å²) in [6.07, 6.45) is 0.953. The molecule has 1 aromatic heterocycles. The van der Waals surface area contributed by atoms with Crippen LogP contribution in [0.15, 0.2) is 65.6 Å². The number of carbonyl (C=O) groups is 1. The molecule has 2 amide bonds. The van der Waals surface area contributed by atoms with Gasteiger partial charge in [-0.05, 0) is 49.2 Å². The molecule has 1 saturated heterocycles. The molecular weight excluding hydrogens is 442 g/mol. The fourth-order valence-electron chi connectivity index (χ4n) is 3.80. The highest BCUT2D eigenvalue weighted by Gasteiger charge is 2.57. The number of carbonyl (C=O) groups excluding carboxylic acids is 1. The number of amides is 2. The minimum absolute atomic E-state index is 0.0327. The molecule has 0 spiro atoms. The fourth-order valence-corrected chi connectivity index (χ4v) is 5.79. The van der Waals surface area contributed by atoms with Crippen molar-refractivity contribution >= 4 is 27.4 Å². The van der Waals surface area contributed by atoms with Crippen molar-refractivity contribution in [2.24, 2.45) is 0 Å². The summed E-state index contributed by atoms with van der Waals surface area (Å²) in [4.78, 5) is 21.2. The van der Waals surface area contributed by atoms with Gasteiger partial charge in [0, 0.05) is 17.3 Å². The Balaban J connectivity index is 1.39. The quantitative estimate of drug-likeness (QED) is 0.509. The summed E-state index contributed by atoms with van der Waals surface area (Å²) in [6, 6.07) is 16.6. The van der Waals surface area contributed by atoms with Gasteiger partial charge in [-0.3, -0.25) is 0 Å². The second-order valence-corrected chi connectivity index (χ2v) is 10.5. The third-order valence-corrected chi connectivity index (χ3v) is 8.40. The molecule has 2 fully saturated rings. The average Bonchev–Trinajstić information content (AvgIpc) is 3.60. The van der Waals surface area contributed by atoms with Crippen molar-refractivity contribution in [3.05, 3.63) is 66.4 Å². The molecule has 2 aliphatic rings. The van der Waals surface area contributed by atoms with E-state index in [0.717, 1.165) is 0 Å². The second kappa shape index (κ2) is 8.13.